The van der Waals surface area contributed by atoms with Crippen LogP contribution in [-0.4, -0.2) is 25.8 Å². The van der Waals surface area contributed by atoms with E-state index in [1.807, 2.05) is 34.0 Å². The predicted molar refractivity (Wildman–Crippen MR) is 80.4 cm³/mol. The largest absolute Gasteiger partial charge is 0.478 e. The lowest BCUT2D eigenvalue weighted by Gasteiger charge is -2.19. The summed E-state index contributed by atoms with van der Waals surface area (Å²) in [5.74, 6) is -0.393. The third kappa shape index (κ3) is 3.81. The maximum absolute atomic E-state index is 11.2. The quantitative estimate of drug-likeness (QED) is 0.903. The minimum atomic E-state index is -0.952. The molecule has 0 aliphatic heterocycles. The van der Waals surface area contributed by atoms with Crippen molar-refractivity contribution in [3.8, 4) is 0 Å². The van der Waals surface area contributed by atoms with E-state index in [0.29, 0.717) is 12.4 Å². The summed E-state index contributed by atoms with van der Waals surface area (Å²) in [7, 11) is 1.85. The lowest BCUT2D eigenvalue weighted by Crippen LogP contribution is -2.16. The lowest BCUT2D eigenvalue weighted by molar-refractivity contribution is 0.0696. The van der Waals surface area contributed by atoms with E-state index in [4.69, 9.17) is 0 Å². The van der Waals surface area contributed by atoms with Gasteiger partial charge in [-0.25, -0.2) is 9.78 Å². The molecule has 2 aromatic heterocycles. The summed E-state index contributed by atoms with van der Waals surface area (Å²) in [6, 6.07) is 3.17. The number of carbonyl (C=O) groups is 1. The molecule has 0 amide bonds. The molecule has 0 aliphatic rings. The zero-order valence-electron chi connectivity index (χ0n) is 12.7. The Bertz CT molecular complexity index is 656. The van der Waals surface area contributed by atoms with E-state index in [2.05, 4.69) is 15.4 Å². The fourth-order valence-corrected chi connectivity index (χ4v) is 1.88. The molecule has 0 fully saturated rings. The van der Waals surface area contributed by atoms with Crippen LogP contribution in [0.15, 0.2) is 24.5 Å². The first kappa shape index (κ1) is 15.0. The Balaban J connectivity index is 2.25. The van der Waals surface area contributed by atoms with E-state index in [1.54, 1.807) is 23.0 Å². The molecule has 0 spiro atoms. The number of nitrogens with one attached hydrogen (secondary N) is 1. The standard InChI is InChI=1S/C15H20N4O2/c1-15(2,3)12-5-11(14(20)21)6-13(18-12)16-7-10-8-17-19(4)9-10/h5-6,8-9H,7H2,1-4H3,(H,16,18)(H,20,21). The van der Waals surface area contributed by atoms with Gasteiger partial charge in [-0.1, -0.05) is 20.8 Å². The molecule has 0 saturated heterocycles. The summed E-state index contributed by atoms with van der Waals surface area (Å²) < 4.78 is 1.72. The van der Waals surface area contributed by atoms with E-state index in [-0.39, 0.29) is 11.0 Å². The third-order valence-corrected chi connectivity index (χ3v) is 3.07. The van der Waals surface area contributed by atoms with Gasteiger partial charge in [0.15, 0.2) is 0 Å². The Morgan fingerprint density at radius 2 is 2.10 bits per heavy atom. The number of aromatic nitrogens is 3. The molecule has 2 N–H and O–H groups in total. The highest BCUT2D eigenvalue weighted by atomic mass is 16.4. The zero-order valence-corrected chi connectivity index (χ0v) is 12.7. The van der Waals surface area contributed by atoms with E-state index in [1.165, 1.54) is 0 Å². The first-order valence-corrected chi connectivity index (χ1v) is 6.73. The molecule has 0 saturated carbocycles. The van der Waals surface area contributed by atoms with Gasteiger partial charge in [0, 0.05) is 36.5 Å². The van der Waals surface area contributed by atoms with E-state index < -0.39 is 5.97 Å². The normalized spacial score (nSPS) is 11.4. The van der Waals surface area contributed by atoms with Gasteiger partial charge in [0.25, 0.3) is 0 Å². The fourth-order valence-electron chi connectivity index (χ4n) is 1.88. The molecule has 21 heavy (non-hydrogen) atoms. The van der Waals surface area contributed by atoms with Gasteiger partial charge >= 0.3 is 5.97 Å². The van der Waals surface area contributed by atoms with Crippen LogP contribution >= 0.6 is 0 Å². The SMILES string of the molecule is Cn1cc(CNc2cc(C(=O)O)cc(C(C)(C)C)n2)cn1. The van der Waals surface area contributed by atoms with Crippen LogP contribution in [0.5, 0.6) is 0 Å². The van der Waals surface area contributed by atoms with Crippen LogP contribution in [0.3, 0.4) is 0 Å². The molecule has 112 valence electrons. The Morgan fingerprint density at radius 3 is 2.62 bits per heavy atom. The minimum Gasteiger partial charge on any atom is -0.478 e. The first-order valence-electron chi connectivity index (χ1n) is 6.73. The monoisotopic (exact) mass is 288 g/mol. The molecule has 2 rings (SSSR count). The molecular weight excluding hydrogens is 268 g/mol. The number of hydrogen-bond donors (Lipinski definition) is 2. The van der Waals surface area contributed by atoms with Crippen molar-refractivity contribution in [1.82, 2.24) is 14.8 Å². The topological polar surface area (TPSA) is 80.0 Å². The second-order valence-electron chi connectivity index (χ2n) is 6.06. The number of anilines is 1. The summed E-state index contributed by atoms with van der Waals surface area (Å²) in [5.41, 5.74) is 1.79. The van der Waals surface area contributed by atoms with Gasteiger partial charge in [-0.3, -0.25) is 4.68 Å². The van der Waals surface area contributed by atoms with Gasteiger partial charge in [-0.2, -0.15) is 5.10 Å². The second-order valence-corrected chi connectivity index (χ2v) is 6.06. The molecule has 0 radical (unpaired) electrons. The van der Waals surface area contributed by atoms with Crippen molar-refractivity contribution in [2.75, 3.05) is 5.32 Å². The summed E-state index contributed by atoms with van der Waals surface area (Å²) in [6.07, 6.45) is 3.66. The van der Waals surface area contributed by atoms with Crippen LogP contribution in [0.1, 0.15) is 42.4 Å². The average molecular weight is 288 g/mol. The highest BCUT2D eigenvalue weighted by molar-refractivity contribution is 5.88. The summed E-state index contributed by atoms with van der Waals surface area (Å²) in [5, 5.41) is 16.5. The Hall–Kier alpha value is -2.37. The van der Waals surface area contributed by atoms with Crippen molar-refractivity contribution in [3.05, 3.63) is 41.3 Å². The fraction of sp³-hybridized carbons (Fsp3) is 0.400. The van der Waals surface area contributed by atoms with Gasteiger partial charge in [-0.05, 0) is 12.1 Å². The van der Waals surface area contributed by atoms with Gasteiger partial charge in [-0.15, -0.1) is 0 Å². The number of carboxylic acids is 1. The Kier molecular flexibility index (Phi) is 3.97. The molecule has 0 aromatic carbocycles. The smallest absolute Gasteiger partial charge is 0.335 e. The lowest BCUT2D eigenvalue weighted by atomic mass is 9.91. The molecule has 0 atom stereocenters. The van der Waals surface area contributed by atoms with Crippen molar-refractivity contribution in [3.63, 3.8) is 0 Å². The van der Waals surface area contributed by atoms with E-state index >= 15 is 0 Å². The number of carboxylic acid groups (broad SMARTS) is 1. The van der Waals surface area contributed by atoms with E-state index in [0.717, 1.165) is 11.3 Å². The molecular formula is C15H20N4O2. The van der Waals surface area contributed by atoms with Crippen LogP contribution < -0.4 is 5.32 Å². The Labute approximate surface area is 123 Å². The van der Waals surface area contributed by atoms with Gasteiger partial charge in [0.2, 0.25) is 0 Å². The molecule has 2 aromatic rings. The molecule has 6 nitrogen and oxygen atoms in total. The average Bonchev–Trinajstić information content (AvgIpc) is 2.81. The van der Waals surface area contributed by atoms with Crippen molar-refractivity contribution in [2.45, 2.75) is 32.7 Å². The summed E-state index contributed by atoms with van der Waals surface area (Å²) >= 11 is 0. The van der Waals surface area contributed by atoms with E-state index in [9.17, 15) is 9.90 Å². The zero-order chi connectivity index (χ0) is 15.6. The van der Waals surface area contributed by atoms with Crippen molar-refractivity contribution in [1.29, 1.82) is 0 Å². The van der Waals surface area contributed by atoms with Gasteiger partial charge in [0.05, 0.1) is 11.8 Å². The van der Waals surface area contributed by atoms with Gasteiger partial charge in [0.1, 0.15) is 5.82 Å². The first-order chi connectivity index (χ1) is 9.75. The molecule has 0 bridgehead atoms. The summed E-state index contributed by atoms with van der Waals surface area (Å²) in [6.45, 7) is 6.57. The number of aromatic carboxylic acids is 1. The highest BCUT2D eigenvalue weighted by Gasteiger charge is 2.19. The molecule has 0 aliphatic carbocycles. The highest BCUT2D eigenvalue weighted by Crippen LogP contribution is 2.23. The predicted octanol–water partition coefficient (Wildman–Crippen LogP) is 2.42. The van der Waals surface area contributed by atoms with Crippen LogP contribution in [0.2, 0.25) is 0 Å². The number of rotatable bonds is 4. The van der Waals surface area contributed by atoms with Crippen LogP contribution in [-0.2, 0) is 19.0 Å². The van der Waals surface area contributed by atoms with Gasteiger partial charge < -0.3 is 10.4 Å². The van der Waals surface area contributed by atoms with Crippen molar-refractivity contribution >= 4 is 11.8 Å². The third-order valence-electron chi connectivity index (χ3n) is 3.07. The molecule has 6 heteroatoms. The number of hydrogen-bond acceptors (Lipinski definition) is 4. The minimum absolute atomic E-state index is 0.212. The Morgan fingerprint density at radius 1 is 1.38 bits per heavy atom. The van der Waals surface area contributed by atoms with Crippen LogP contribution in [0.4, 0.5) is 5.82 Å². The summed E-state index contributed by atoms with van der Waals surface area (Å²) in [4.78, 5) is 15.7. The maximum atomic E-state index is 11.2. The maximum Gasteiger partial charge on any atom is 0.335 e. The molecule has 0 unspecified atom stereocenters. The number of aryl methyl sites for hydroxylation is 1. The van der Waals surface area contributed by atoms with Crippen LogP contribution in [0, 0.1) is 0 Å². The van der Waals surface area contributed by atoms with Crippen molar-refractivity contribution in [2.24, 2.45) is 7.05 Å². The van der Waals surface area contributed by atoms with Crippen molar-refractivity contribution < 1.29 is 9.90 Å². The number of pyridine rings is 1. The molecule has 2 heterocycles. The number of nitrogens with zero attached hydrogens (tertiary/aromatic N) is 3. The van der Waals surface area contributed by atoms with Crippen LogP contribution in [0.25, 0.3) is 0 Å². The second kappa shape index (κ2) is 5.55.